The van der Waals surface area contributed by atoms with Crippen LogP contribution in [0, 0.1) is 0 Å². The number of carbonyl (C=O) groups is 1. The number of allylic oxidation sites excluding steroid dienone is 2. The fourth-order valence-corrected chi connectivity index (χ4v) is 4.08. The highest BCUT2D eigenvalue weighted by atomic mass is 16.5. The van der Waals surface area contributed by atoms with Gasteiger partial charge in [0.05, 0.1) is 13.0 Å². The molecule has 2 unspecified atom stereocenters. The van der Waals surface area contributed by atoms with Crippen molar-refractivity contribution in [2.45, 2.75) is 123 Å². The summed E-state index contributed by atoms with van der Waals surface area (Å²) in [7, 11) is 1.51. The Kier molecular flexibility index (Phi) is 16.3. The van der Waals surface area contributed by atoms with Gasteiger partial charge in [0.1, 0.15) is 0 Å². The van der Waals surface area contributed by atoms with Gasteiger partial charge in [-0.25, -0.2) is 0 Å². The molecule has 4 heteroatoms. The average Bonchev–Trinajstić information content (AvgIpc) is 2.81. The van der Waals surface area contributed by atoms with Crippen LogP contribution in [-0.2, 0) is 4.79 Å². The van der Waals surface area contributed by atoms with Crippen LogP contribution in [0.25, 0.3) is 0 Å². The van der Waals surface area contributed by atoms with Gasteiger partial charge in [0.15, 0.2) is 11.5 Å². The number of carbonyl (C=O) groups excluding carboxylic acids is 1. The van der Waals surface area contributed by atoms with E-state index in [2.05, 4.69) is 31.3 Å². The normalized spacial score (nSPS) is 13.2. The summed E-state index contributed by atoms with van der Waals surface area (Å²) in [6.45, 7) is 6.23. The summed E-state index contributed by atoms with van der Waals surface area (Å²) in [6.07, 6.45) is 22.7. The summed E-state index contributed by atoms with van der Waals surface area (Å²) in [5.74, 6) is 0.217. The van der Waals surface area contributed by atoms with Crippen molar-refractivity contribution in [1.82, 2.24) is 5.32 Å². The van der Waals surface area contributed by atoms with Gasteiger partial charge in [-0.15, -0.1) is 0 Å². The van der Waals surface area contributed by atoms with Gasteiger partial charge < -0.3 is 15.2 Å². The quantitative estimate of drug-likeness (QED) is 0.162. The SMILES string of the molecule is CCCCCCCCCC=CCCCCCCC(C)NC(=O)C(C)c1ccc(O)c(OC)c1. The molecule has 0 aliphatic rings. The Bertz CT molecular complexity index is 671. The molecule has 0 saturated carbocycles. The number of hydrogen-bond donors (Lipinski definition) is 2. The van der Waals surface area contributed by atoms with Gasteiger partial charge in [-0.1, -0.05) is 82.9 Å². The van der Waals surface area contributed by atoms with E-state index < -0.39 is 0 Å². The van der Waals surface area contributed by atoms with Crippen molar-refractivity contribution < 1.29 is 14.6 Å². The van der Waals surface area contributed by atoms with Crippen molar-refractivity contribution in [3.05, 3.63) is 35.9 Å². The van der Waals surface area contributed by atoms with Gasteiger partial charge in [-0.3, -0.25) is 4.79 Å². The lowest BCUT2D eigenvalue weighted by atomic mass is 9.99. The Hall–Kier alpha value is -1.97. The Morgan fingerprint density at radius 1 is 0.939 bits per heavy atom. The molecule has 1 aromatic rings. The zero-order valence-corrected chi connectivity index (χ0v) is 21.7. The molecule has 0 radical (unpaired) electrons. The van der Waals surface area contributed by atoms with Crippen molar-refractivity contribution in [2.75, 3.05) is 7.11 Å². The van der Waals surface area contributed by atoms with Crippen LogP contribution < -0.4 is 10.1 Å². The first kappa shape index (κ1) is 29.1. The first-order chi connectivity index (χ1) is 16.0. The third-order valence-corrected chi connectivity index (χ3v) is 6.38. The molecule has 1 amide bonds. The highest BCUT2D eigenvalue weighted by Gasteiger charge is 2.18. The Morgan fingerprint density at radius 2 is 1.52 bits per heavy atom. The molecule has 4 nitrogen and oxygen atoms in total. The molecule has 0 bridgehead atoms. The summed E-state index contributed by atoms with van der Waals surface area (Å²) >= 11 is 0. The summed E-state index contributed by atoms with van der Waals surface area (Å²) in [5.41, 5.74) is 0.842. The van der Waals surface area contributed by atoms with Crippen LogP contribution in [-0.4, -0.2) is 24.2 Å². The molecule has 0 aromatic heterocycles. The minimum Gasteiger partial charge on any atom is -0.504 e. The van der Waals surface area contributed by atoms with E-state index in [1.807, 2.05) is 6.92 Å². The largest absolute Gasteiger partial charge is 0.504 e. The second-order valence-electron chi connectivity index (χ2n) is 9.44. The van der Waals surface area contributed by atoms with Gasteiger partial charge in [0.25, 0.3) is 0 Å². The van der Waals surface area contributed by atoms with Gasteiger partial charge in [-0.2, -0.15) is 0 Å². The fraction of sp³-hybridized carbons (Fsp3) is 0.690. The lowest BCUT2D eigenvalue weighted by molar-refractivity contribution is -0.122. The third kappa shape index (κ3) is 13.4. The van der Waals surface area contributed by atoms with E-state index in [0.29, 0.717) is 5.75 Å². The molecule has 1 rings (SSSR count). The van der Waals surface area contributed by atoms with Crippen molar-refractivity contribution in [3.63, 3.8) is 0 Å². The Balaban J connectivity index is 2.06. The maximum atomic E-state index is 12.6. The van der Waals surface area contributed by atoms with Crippen LogP contribution in [0.5, 0.6) is 11.5 Å². The molecule has 2 atom stereocenters. The highest BCUT2D eigenvalue weighted by molar-refractivity contribution is 5.83. The summed E-state index contributed by atoms with van der Waals surface area (Å²) < 4.78 is 5.15. The van der Waals surface area contributed by atoms with Crippen LogP contribution in [0.4, 0.5) is 0 Å². The highest BCUT2D eigenvalue weighted by Crippen LogP contribution is 2.29. The average molecular weight is 460 g/mol. The summed E-state index contributed by atoms with van der Waals surface area (Å²) in [5, 5.41) is 12.9. The van der Waals surface area contributed by atoms with E-state index in [4.69, 9.17) is 4.74 Å². The fourth-order valence-electron chi connectivity index (χ4n) is 4.08. The van der Waals surface area contributed by atoms with Crippen molar-refractivity contribution in [2.24, 2.45) is 0 Å². The van der Waals surface area contributed by atoms with Gasteiger partial charge in [0, 0.05) is 6.04 Å². The smallest absolute Gasteiger partial charge is 0.227 e. The molecular weight excluding hydrogens is 410 g/mol. The standard InChI is InChI=1S/C29H49NO3/c1-5-6-7-8-9-10-11-12-13-14-15-16-17-18-19-20-24(2)30-29(32)25(3)26-21-22-27(31)28(23-26)33-4/h13-14,21-25,31H,5-12,15-20H2,1-4H3,(H,30,32). The predicted octanol–water partition coefficient (Wildman–Crippen LogP) is 8.05. The van der Waals surface area contributed by atoms with Crippen LogP contribution in [0.3, 0.4) is 0 Å². The topological polar surface area (TPSA) is 58.6 Å². The number of aromatic hydroxyl groups is 1. The number of phenolic OH excluding ortho intramolecular Hbond substituents is 1. The minimum absolute atomic E-state index is 0.0151. The molecule has 1 aromatic carbocycles. The van der Waals surface area contributed by atoms with Crippen molar-refractivity contribution >= 4 is 5.91 Å². The van der Waals surface area contributed by atoms with E-state index in [0.717, 1.165) is 18.4 Å². The zero-order chi connectivity index (χ0) is 24.3. The second kappa shape index (κ2) is 18.5. The van der Waals surface area contributed by atoms with Gasteiger partial charge in [-0.05, 0) is 63.6 Å². The van der Waals surface area contributed by atoms with Crippen molar-refractivity contribution in [3.8, 4) is 11.5 Å². The number of phenols is 1. The molecule has 0 aliphatic heterocycles. The van der Waals surface area contributed by atoms with E-state index in [9.17, 15) is 9.90 Å². The number of nitrogens with one attached hydrogen (secondary N) is 1. The van der Waals surface area contributed by atoms with Gasteiger partial charge in [0.2, 0.25) is 5.91 Å². The number of ether oxygens (including phenoxy) is 1. The summed E-state index contributed by atoms with van der Waals surface area (Å²) in [6, 6.07) is 5.25. The van der Waals surface area contributed by atoms with Crippen molar-refractivity contribution in [1.29, 1.82) is 0 Å². The number of rotatable bonds is 19. The Labute approximate surface area is 203 Å². The first-order valence-electron chi connectivity index (χ1n) is 13.3. The number of benzene rings is 1. The van der Waals surface area contributed by atoms with Crippen LogP contribution in [0.15, 0.2) is 30.4 Å². The molecule has 0 heterocycles. The molecule has 188 valence electrons. The lowest BCUT2D eigenvalue weighted by Gasteiger charge is -2.18. The summed E-state index contributed by atoms with van der Waals surface area (Å²) in [4.78, 5) is 12.6. The van der Waals surface area contributed by atoms with Gasteiger partial charge >= 0.3 is 0 Å². The molecule has 0 spiro atoms. The maximum Gasteiger partial charge on any atom is 0.227 e. The number of unbranched alkanes of at least 4 members (excludes halogenated alkanes) is 11. The van der Waals surface area contributed by atoms with Crippen LogP contribution >= 0.6 is 0 Å². The number of hydrogen-bond acceptors (Lipinski definition) is 3. The molecule has 2 N–H and O–H groups in total. The predicted molar refractivity (Wildman–Crippen MR) is 140 cm³/mol. The first-order valence-corrected chi connectivity index (χ1v) is 13.3. The molecular formula is C29H49NO3. The second-order valence-corrected chi connectivity index (χ2v) is 9.44. The molecule has 0 aliphatic carbocycles. The zero-order valence-electron chi connectivity index (χ0n) is 21.7. The monoisotopic (exact) mass is 459 g/mol. The number of amides is 1. The molecule has 0 saturated heterocycles. The maximum absolute atomic E-state index is 12.6. The molecule has 0 fully saturated rings. The minimum atomic E-state index is -0.283. The van der Waals surface area contributed by atoms with Crippen LogP contribution in [0.2, 0.25) is 0 Å². The van der Waals surface area contributed by atoms with E-state index >= 15 is 0 Å². The number of methoxy groups -OCH3 is 1. The third-order valence-electron chi connectivity index (χ3n) is 6.38. The van der Waals surface area contributed by atoms with E-state index in [-0.39, 0.29) is 23.6 Å². The lowest BCUT2D eigenvalue weighted by Crippen LogP contribution is -2.35. The van der Waals surface area contributed by atoms with Crippen LogP contribution in [0.1, 0.15) is 122 Å². The molecule has 33 heavy (non-hydrogen) atoms. The Morgan fingerprint density at radius 3 is 2.12 bits per heavy atom. The van der Waals surface area contributed by atoms with E-state index in [1.54, 1.807) is 18.2 Å². The van der Waals surface area contributed by atoms with E-state index in [1.165, 1.54) is 84.2 Å².